The minimum atomic E-state index is 0.257. The Morgan fingerprint density at radius 2 is 1.83 bits per heavy atom. The predicted molar refractivity (Wildman–Crippen MR) is 76.5 cm³/mol. The summed E-state index contributed by atoms with van der Waals surface area (Å²) >= 11 is 0. The molecule has 1 fully saturated rings. The van der Waals surface area contributed by atoms with Crippen LogP contribution in [0.25, 0.3) is 0 Å². The summed E-state index contributed by atoms with van der Waals surface area (Å²) in [5.41, 5.74) is 0. The molecule has 1 aliphatic rings. The fourth-order valence-electron chi connectivity index (χ4n) is 2.47. The molecule has 1 rings (SSSR count). The van der Waals surface area contributed by atoms with E-state index in [-0.39, 0.29) is 11.8 Å². The fourth-order valence-corrected chi connectivity index (χ4v) is 2.47. The van der Waals surface area contributed by atoms with Crippen molar-refractivity contribution >= 4 is 5.91 Å². The molecule has 0 aromatic carbocycles. The minimum absolute atomic E-state index is 0.257. The zero-order valence-corrected chi connectivity index (χ0v) is 12.1. The van der Waals surface area contributed by atoms with Crippen molar-refractivity contribution < 1.29 is 4.79 Å². The first-order valence-corrected chi connectivity index (χ1v) is 7.68. The topological polar surface area (TPSA) is 41.1 Å². The standard InChI is InChI=1S/C15H30N2O/c1-13(2)7-5-3-4-6-10-17-15(18)14-8-11-16-12-9-14/h13-14,16H,3-12H2,1-2H3,(H,17,18). The summed E-state index contributed by atoms with van der Waals surface area (Å²) in [7, 11) is 0. The van der Waals surface area contributed by atoms with Gasteiger partial charge >= 0.3 is 0 Å². The molecule has 0 spiro atoms. The normalized spacial score (nSPS) is 17.1. The van der Waals surface area contributed by atoms with Crippen molar-refractivity contribution in [1.29, 1.82) is 0 Å². The molecule has 0 atom stereocenters. The number of carbonyl (C=O) groups excluding carboxylic acids is 1. The van der Waals surface area contributed by atoms with Gasteiger partial charge in [0.1, 0.15) is 0 Å². The maximum absolute atomic E-state index is 11.8. The molecule has 1 amide bonds. The lowest BCUT2D eigenvalue weighted by Gasteiger charge is -2.21. The molecule has 1 heterocycles. The summed E-state index contributed by atoms with van der Waals surface area (Å²) < 4.78 is 0. The maximum Gasteiger partial charge on any atom is 0.223 e. The molecule has 0 saturated carbocycles. The number of hydrogen-bond donors (Lipinski definition) is 2. The highest BCUT2D eigenvalue weighted by molar-refractivity contribution is 5.78. The largest absolute Gasteiger partial charge is 0.356 e. The molecule has 0 unspecified atom stereocenters. The third-order valence-corrected chi connectivity index (χ3v) is 3.72. The Morgan fingerprint density at radius 3 is 2.50 bits per heavy atom. The average Bonchev–Trinajstić information content (AvgIpc) is 2.38. The Morgan fingerprint density at radius 1 is 1.17 bits per heavy atom. The van der Waals surface area contributed by atoms with Gasteiger partial charge < -0.3 is 10.6 Å². The second kappa shape index (κ2) is 9.37. The smallest absolute Gasteiger partial charge is 0.223 e. The SMILES string of the molecule is CC(C)CCCCCCNC(=O)C1CCNCC1. The number of piperidine rings is 1. The number of unbranched alkanes of at least 4 members (excludes halogenated alkanes) is 3. The van der Waals surface area contributed by atoms with Gasteiger partial charge in [0.05, 0.1) is 0 Å². The summed E-state index contributed by atoms with van der Waals surface area (Å²) in [5, 5.41) is 6.37. The van der Waals surface area contributed by atoms with Crippen LogP contribution in [0.15, 0.2) is 0 Å². The van der Waals surface area contributed by atoms with Gasteiger partial charge in [-0.05, 0) is 38.3 Å². The van der Waals surface area contributed by atoms with Crippen molar-refractivity contribution in [3.63, 3.8) is 0 Å². The van der Waals surface area contributed by atoms with Gasteiger partial charge in [0.2, 0.25) is 5.91 Å². The third-order valence-electron chi connectivity index (χ3n) is 3.72. The van der Waals surface area contributed by atoms with Gasteiger partial charge in [0, 0.05) is 12.5 Å². The van der Waals surface area contributed by atoms with Crippen molar-refractivity contribution in [2.24, 2.45) is 11.8 Å². The molecule has 0 aliphatic carbocycles. The van der Waals surface area contributed by atoms with Crippen molar-refractivity contribution in [2.75, 3.05) is 19.6 Å². The molecule has 1 saturated heterocycles. The molecule has 18 heavy (non-hydrogen) atoms. The highest BCUT2D eigenvalue weighted by Crippen LogP contribution is 2.12. The number of nitrogens with one attached hydrogen (secondary N) is 2. The molecule has 0 aromatic rings. The number of rotatable bonds is 8. The van der Waals surface area contributed by atoms with Crippen LogP contribution in [-0.2, 0) is 4.79 Å². The van der Waals surface area contributed by atoms with Crippen LogP contribution in [0.3, 0.4) is 0 Å². The van der Waals surface area contributed by atoms with Crippen molar-refractivity contribution in [2.45, 2.75) is 58.8 Å². The molecule has 3 nitrogen and oxygen atoms in total. The van der Waals surface area contributed by atoms with Crippen molar-refractivity contribution in [3.05, 3.63) is 0 Å². The lowest BCUT2D eigenvalue weighted by Crippen LogP contribution is -2.38. The molecule has 106 valence electrons. The first kappa shape index (κ1) is 15.5. The highest BCUT2D eigenvalue weighted by atomic mass is 16.1. The number of carbonyl (C=O) groups is 1. The van der Waals surface area contributed by atoms with Crippen LogP contribution in [0.1, 0.15) is 58.8 Å². The Hall–Kier alpha value is -0.570. The van der Waals surface area contributed by atoms with Gasteiger partial charge in [0.15, 0.2) is 0 Å². The lowest BCUT2D eigenvalue weighted by molar-refractivity contribution is -0.125. The summed E-state index contributed by atoms with van der Waals surface area (Å²) in [6.07, 6.45) is 8.36. The molecular weight excluding hydrogens is 224 g/mol. The van der Waals surface area contributed by atoms with Gasteiger partial charge in [-0.15, -0.1) is 0 Å². The van der Waals surface area contributed by atoms with Gasteiger partial charge in [-0.1, -0.05) is 39.5 Å². The maximum atomic E-state index is 11.8. The Labute approximate surface area is 112 Å². The summed E-state index contributed by atoms with van der Waals surface area (Å²) in [6, 6.07) is 0. The Bertz CT molecular complexity index is 223. The first-order chi connectivity index (χ1) is 8.70. The molecule has 0 aromatic heterocycles. The molecule has 3 heteroatoms. The lowest BCUT2D eigenvalue weighted by atomic mass is 9.97. The molecule has 2 N–H and O–H groups in total. The van der Waals surface area contributed by atoms with Gasteiger partial charge in [-0.2, -0.15) is 0 Å². The zero-order chi connectivity index (χ0) is 13.2. The molecule has 0 bridgehead atoms. The van der Waals surface area contributed by atoms with Crippen LogP contribution in [0, 0.1) is 11.8 Å². The van der Waals surface area contributed by atoms with E-state index in [0.717, 1.165) is 44.8 Å². The van der Waals surface area contributed by atoms with Crippen LogP contribution in [0.4, 0.5) is 0 Å². The second-order valence-electron chi connectivity index (χ2n) is 5.91. The van der Waals surface area contributed by atoms with Gasteiger partial charge in [0.25, 0.3) is 0 Å². The van der Waals surface area contributed by atoms with Crippen LogP contribution in [0.2, 0.25) is 0 Å². The van der Waals surface area contributed by atoms with Gasteiger partial charge in [-0.25, -0.2) is 0 Å². The average molecular weight is 254 g/mol. The van der Waals surface area contributed by atoms with Crippen LogP contribution in [0.5, 0.6) is 0 Å². The first-order valence-electron chi connectivity index (χ1n) is 7.68. The summed E-state index contributed by atoms with van der Waals surface area (Å²) in [6.45, 7) is 7.41. The summed E-state index contributed by atoms with van der Waals surface area (Å²) in [4.78, 5) is 11.8. The monoisotopic (exact) mass is 254 g/mol. The van der Waals surface area contributed by atoms with E-state index in [0.29, 0.717) is 0 Å². The second-order valence-corrected chi connectivity index (χ2v) is 5.91. The highest BCUT2D eigenvalue weighted by Gasteiger charge is 2.19. The zero-order valence-electron chi connectivity index (χ0n) is 12.1. The van der Waals surface area contributed by atoms with Crippen LogP contribution >= 0.6 is 0 Å². The van der Waals surface area contributed by atoms with E-state index in [1.54, 1.807) is 0 Å². The molecule has 1 aliphatic heterocycles. The molecule has 0 radical (unpaired) electrons. The van der Waals surface area contributed by atoms with Crippen molar-refractivity contribution in [1.82, 2.24) is 10.6 Å². The number of hydrogen-bond acceptors (Lipinski definition) is 2. The van der Waals surface area contributed by atoms with E-state index in [4.69, 9.17) is 0 Å². The van der Waals surface area contributed by atoms with Crippen LogP contribution < -0.4 is 10.6 Å². The van der Waals surface area contributed by atoms with E-state index >= 15 is 0 Å². The van der Waals surface area contributed by atoms with E-state index in [2.05, 4.69) is 24.5 Å². The van der Waals surface area contributed by atoms with E-state index in [1.165, 1.54) is 25.7 Å². The number of amides is 1. The Kier molecular flexibility index (Phi) is 8.06. The minimum Gasteiger partial charge on any atom is -0.356 e. The van der Waals surface area contributed by atoms with E-state index in [1.807, 2.05) is 0 Å². The summed E-state index contributed by atoms with van der Waals surface area (Å²) in [5.74, 6) is 1.36. The quantitative estimate of drug-likeness (QED) is 0.654. The predicted octanol–water partition coefficient (Wildman–Crippen LogP) is 2.71. The fraction of sp³-hybridized carbons (Fsp3) is 0.933. The van der Waals surface area contributed by atoms with Gasteiger partial charge in [-0.3, -0.25) is 4.79 Å². The van der Waals surface area contributed by atoms with Crippen molar-refractivity contribution in [3.8, 4) is 0 Å². The third kappa shape index (κ3) is 7.00. The molecular formula is C15H30N2O. The Balaban J connectivity index is 1.92. The van der Waals surface area contributed by atoms with E-state index < -0.39 is 0 Å². The van der Waals surface area contributed by atoms with Crippen LogP contribution in [-0.4, -0.2) is 25.5 Å². The van der Waals surface area contributed by atoms with E-state index in [9.17, 15) is 4.79 Å².